The molecule has 1 aromatic carbocycles. The fourth-order valence-electron chi connectivity index (χ4n) is 1.58. The summed E-state index contributed by atoms with van der Waals surface area (Å²) in [7, 11) is 0. The fourth-order valence-corrected chi connectivity index (χ4v) is 1.58. The molecule has 0 N–H and O–H groups in total. The normalized spacial score (nSPS) is 14.7. The molecule has 0 saturated carbocycles. The van der Waals surface area contributed by atoms with E-state index in [1.165, 1.54) is 16.7 Å². The Morgan fingerprint density at radius 1 is 1.23 bits per heavy atom. The van der Waals surface area contributed by atoms with Gasteiger partial charge in [0.05, 0.1) is 6.54 Å². The highest BCUT2D eigenvalue weighted by Crippen LogP contribution is 2.25. The maximum Gasteiger partial charge on any atom is 0.0646 e. The molecule has 68 valence electrons. The summed E-state index contributed by atoms with van der Waals surface area (Å²) >= 11 is 0. The van der Waals surface area contributed by atoms with E-state index in [0.717, 1.165) is 6.54 Å². The minimum Gasteiger partial charge on any atom is -0.288 e. The molecule has 1 heterocycles. The second-order valence-corrected chi connectivity index (χ2v) is 4.63. The van der Waals surface area contributed by atoms with Crippen molar-refractivity contribution in [3.05, 3.63) is 34.9 Å². The molecule has 1 aromatic rings. The highest BCUT2D eigenvalue weighted by molar-refractivity contribution is 5.84. The average Bonchev–Trinajstić information content (AvgIpc) is 2.47. The summed E-state index contributed by atoms with van der Waals surface area (Å²) in [5.74, 6) is 0. The van der Waals surface area contributed by atoms with Gasteiger partial charge in [0.1, 0.15) is 0 Å². The third-order valence-electron chi connectivity index (χ3n) is 2.50. The van der Waals surface area contributed by atoms with Crippen LogP contribution in [0.3, 0.4) is 0 Å². The Balaban J connectivity index is 2.45. The SMILES string of the molecule is CC(C)(C)c1ccc2c(c1)CN=C2. The molecular weight excluding hydrogens is 158 g/mol. The summed E-state index contributed by atoms with van der Waals surface area (Å²) in [5.41, 5.74) is 4.30. The molecule has 1 aliphatic heterocycles. The molecule has 13 heavy (non-hydrogen) atoms. The second-order valence-electron chi connectivity index (χ2n) is 4.63. The predicted octanol–water partition coefficient (Wildman–Crippen LogP) is 2.92. The smallest absolute Gasteiger partial charge is 0.0646 e. The highest BCUT2D eigenvalue weighted by Gasteiger charge is 2.15. The van der Waals surface area contributed by atoms with Gasteiger partial charge in [0.25, 0.3) is 0 Å². The number of hydrogen-bond donors (Lipinski definition) is 0. The first-order valence-electron chi connectivity index (χ1n) is 4.70. The van der Waals surface area contributed by atoms with Crippen LogP contribution in [0.1, 0.15) is 37.5 Å². The van der Waals surface area contributed by atoms with Gasteiger partial charge < -0.3 is 0 Å². The standard InChI is InChI=1S/C12H15N/c1-12(2,3)11-5-4-9-7-13-8-10(9)6-11/h4-7H,8H2,1-3H3. The summed E-state index contributed by atoms with van der Waals surface area (Å²) in [6, 6.07) is 6.66. The summed E-state index contributed by atoms with van der Waals surface area (Å²) in [5, 5.41) is 0. The van der Waals surface area contributed by atoms with Gasteiger partial charge in [-0.05, 0) is 22.1 Å². The molecule has 0 spiro atoms. The van der Waals surface area contributed by atoms with Crippen molar-refractivity contribution < 1.29 is 0 Å². The van der Waals surface area contributed by atoms with Crippen LogP contribution >= 0.6 is 0 Å². The number of benzene rings is 1. The van der Waals surface area contributed by atoms with Gasteiger partial charge in [-0.1, -0.05) is 39.0 Å². The lowest BCUT2D eigenvalue weighted by atomic mass is 9.85. The number of rotatable bonds is 0. The van der Waals surface area contributed by atoms with Crippen LogP contribution in [-0.2, 0) is 12.0 Å². The van der Waals surface area contributed by atoms with Gasteiger partial charge in [-0.15, -0.1) is 0 Å². The van der Waals surface area contributed by atoms with Crippen molar-refractivity contribution in [1.29, 1.82) is 0 Å². The van der Waals surface area contributed by atoms with Crippen molar-refractivity contribution in [2.45, 2.75) is 32.7 Å². The number of nitrogens with zero attached hydrogens (tertiary/aromatic N) is 1. The molecule has 1 nitrogen and oxygen atoms in total. The maximum absolute atomic E-state index is 4.25. The number of fused-ring (bicyclic) bond motifs is 1. The van der Waals surface area contributed by atoms with Crippen LogP contribution in [0.4, 0.5) is 0 Å². The van der Waals surface area contributed by atoms with Gasteiger partial charge in [0.2, 0.25) is 0 Å². The first kappa shape index (κ1) is 8.49. The molecule has 0 amide bonds. The van der Waals surface area contributed by atoms with Crippen molar-refractivity contribution in [2.24, 2.45) is 4.99 Å². The molecule has 0 radical (unpaired) electrons. The molecule has 1 aliphatic rings. The van der Waals surface area contributed by atoms with E-state index < -0.39 is 0 Å². The average molecular weight is 173 g/mol. The molecule has 0 aromatic heterocycles. The summed E-state index contributed by atoms with van der Waals surface area (Å²) < 4.78 is 0. The van der Waals surface area contributed by atoms with E-state index in [1.807, 2.05) is 6.21 Å². The van der Waals surface area contributed by atoms with Crippen LogP contribution in [-0.4, -0.2) is 6.21 Å². The van der Waals surface area contributed by atoms with Crippen molar-refractivity contribution in [3.8, 4) is 0 Å². The van der Waals surface area contributed by atoms with Gasteiger partial charge in [-0.25, -0.2) is 0 Å². The molecule has 2 rings (SSSR count). The molecule has 0 fully saturated rings. The first-order valence-corrected chi connectivity index (χ1v) is 4.70. The quantitative estimate of drug-likeness (QED) is 0.572. The maximum atomic E-state index is 4.25. The summed E-state index contributed by atoms with van der Waals surface area (Å²) in [4.78, 5) is 4.25. The Bertz CT molecular complexity index is 356. The van der Waals surface area contributed by atoms with Crippen molar-refractivity contribution in [2.75, 3.05) is 0 Å². The van der Waals surface area contributed by atoms with E-state index in [0.29, 0.717) is 0 Å². The molecule has 0 saturated heterocycles. The fraction of sp³-hybridized carbons (Fsp3) is 0.417. The van der Waals surface area contributed by atoms with Gasteiger partial charge >= 0.3 is 0 Å². The van der Waals surface area contributed by atoms with E-state index >= 15 is 0 Å². The lowest BCUT2D eigenvalue weighted by Gasteiger charge is -2.19. The van der Waals surface area contributed by atoms with Crippen molar-refractivity contribution in [1.82, 2.24) is 0 Å². The Hall–Kier alpha value is -1.11. The Kier molecular flexibility index (Phi) is 1.76. The van der Waals surface area contributed by atoms with Crippen LogP contribution in [0.25, 0.3) is 0 Å². The summed E-state index contributed by atoms with van der Waals surface area (Å²) in [6.45, 7) is 7.58. The van der Waals surface area contributed by atoms with E-state index in [4.69, 9.17) is 0 Å². The molecule has 0 atom stereocenters. The number of aliphatic imine (C=N–C) groups is 1. The Labute approximate surface area is 79.5 Å². The first-order chi connectivity index (χ1) is 6.07. The monoisotopic (exact) mass is 173 g/mol. The van der Waals surface area contributed by atoms with Crippen LogP contribution in [0, 0.1) is 0 Å². The van der Waals surface area contributed by atoms with E-state index in [1.54, 1.807) is 0 Å². The van der Waals surface area contributed by atoms with Crippen molar-refractivity contribution in [3.63, 3.8) is 0 Å². The van der Waals surface area contributed by atoms with Crippen LogP contribution in [0.2, 0.25) is 0 Å². The lowest BCUT2D eigenvalue weighted by Crippen LogP contribution is -2.11. The zero-order valence-electron chi connectivity index (χ0n) is 8.46. The van der Waals surface area contributed by atoms with E-state index in [9.17, 15) is 0 Å². The van der Waals surface area contributed by atoms with Crippen molar-refractivity contribution >= 4 is 6.21 Å². The van der Waals surface area contributed by atoms with Gasteiger partial charge in [-0.3, -0.25) is 4.99 Å². The van der Waals surface area contributed by atoms with Gasteiger partial charge in [0, 0.05) is 6.21 Å². The zero-order valence-corrected chi connectivity index (χ0v) is 8.46. The van der Waals surface area contributed by atoms with Crippen LogP contribution in [0.5, 0.6) is 0 Å². The minimum absolute atomic E-state index is 0.248. The lowest BCUT2D eigenvalue weighted by molar-refractivity contribution is 0.589. The second kappa shape index (κ2) is 2.69. The zero-order chi connectivity index (χ0) is 9.47. The topological polar surface area (TPSA) is 12.4 Å². The summed E-state index contributed by atoms with van der Waals surface area (Å²) in [6.07, 6.45) is 1.96. The Morgan fingerprint density at radius 2 is 2.00 bits per heavy atom. The molecule has 0 bridgehead atoms. The Morgan fingerprint density at radius 3 is 2.69 bits per heavy atom. The molecular formula is C12H15N. The predicted molar refractivity (Wildman–Crippen MR) is 56.4 cm³/mol. The van der Waals surface area contributed by atoms with E-state index in [2.05, 4.69) is 44.0 Å². The highest BCUT2D eigenvalue weighted by atomic mass is 14.7. The third-order valence-corrected chi connectivity index (χ3v) is 2.50. The van der Waals surface area contributed by atoms with E-state index in [-0.39, 0.29) is 5.41 Å². The van der Waals surface area contributed by atoms with Gasteiger partial charge in [-0.2, -0.15) is 0 Å². The van der Waals surface area contributed by atoms with Crippen LogP contribution < -0.4 is 0 Å². The molecule has 1 heteroatoms. The molecule has 0 unspecified atom stereocenters. The minimum atomic E-state index is 0.248. The largest absolute Gasteiger partial charge is 0.288 e. The third kappa shape index (κ3) is 1.51. The van der Waals surface area contributed by atoms with Gasteiger partial charge in [0.15, 0.2) is 0 Å². The molecule has 0 aliphatic carbocycles. The number of hydrogen-bond acceptors (Lipinski definition) is 1. The van der Waals surface area contributed by atoms with Crippen LogP contribution in [0.15, 0.2) is 23.2 Å².